The van der Waals surface area contributed by atoms with Gasteiger partial charge in [0.15, 0.2) is 0 Å². The molecule has 0 aliphatic carbocycles. The molecule has 0 spiro atoms. The van der Waals surface area contributed by atoms with E-state index in [0.717, 1.165) is 16.8 Å². The molecule has 5 heteroatoms. The summed E-state index contributed by atoms with van der Waals surface area (Å²) < 4.78 is 1.74. The highest BCUT2D eigenvalue weighted by Crippen LogP contribution is 2.39. The molecule has 27 heavy (non-hydrogen) atoms. The summed E-state index contributed by atoms with van der Waals surface area (Å²) in [6.45, 7) is 0. The molecule has 1 atom stereocenters. The zero-order valence-corrected chi connectivity index (χ0v) is 15.1. The highest BCUT2D eigenvalue weighted by molar-refractivity contribution is 6.30. The van der Waals surface area contributed by atoms with E-state index in [0.29, 0.717) is 17.3 Å². The Labute approximate surface area is 161 Å². The molecule has 0 fully saturated rings. The molecule has 1 aliphatic heterocycles. The highest BCUT2D eigenvalue weighted by atomic mass is 35.5. The van der Waals surface area contributed by atoms with Gasteiger partial charge in [0, 0.05) is 22.9 Å². The summed E-state index contributed by atoms with van der Waals surface area (Å²) in [6.07, 6.45) is 2.25. The van der Waals surface area contributed by atoms with Crippen molar-refractivity contribution >= 4 is 34.1 Å². The number of amides is 1. The molecule has 4 aromatic rings. The maximum Gasteiger partial charge on any atom is 0.226 e. The summed E-state index contributed by atoms with van der Waals surface area (Å²) in [4.78, 5) is 12.4. The second kappa shape index (κ2) is 6.25. The SMILES string of the molecule is O=C1CC(c2ccc3ccccc3c2)c2cnn(-c3cccc(Cl)c3)c2N1. The van der Waals surface area contributed by atoms with Gasteiger partial charge in [0.25, 0.3) is 0 Å². The van der Waals surface area contributed by atoms with Crippen molar-refractivity contribution in [2.45, 2.75) is 12.3 Å². The van der Waals surface area contributed by atoms with Gasteiger partial charge in [-0.25, -0.2) is 4.68 Å². The third kappa shape index (κ3) is 2.78. The summed E-state index contributed by atoms with van der Waals surface area (Å²) in [6, 6.07) is 22.1. The largest absolute Gasteiger partial charge is 0.310 e. The summed E-state index contributed by atoms with van der Waals surface area (Å²) in [5.74, 6) is 0.683. The second-order valence-corrected chi connectivity index (χ2v) is 7.19. The van der Waals surface area contributed by atoms with Crippen molar-refractivity contribution in [3.63, 3.8) is 0 Å². The number of carbonyl (C=O) groups excluding carboxylic acids is 1. The Morgan fingerprint density at radius 1 is 1.00 bits per heavy atom. The molecule has 0 bridgehead atoms. The van der Waals surface area contributed by atoms with Gasteiger partial charge in [0.1, 0.15) is 5.82 Å². The molecule has 0 saturated heterocycles. The molecule has 1 N–H and O–H groups in total. The number of benzene rings is 3. The monoisotopic (exact) mass is 373 g/mol. The van der Waals surface area contributed by atoms with E-state index >= 15 is 0 Å². The van der Waals surface area contributed by atoms with Crippen LogP contribution in [0.5, 0.6) is 0 Å². The van der Waals surface area contributed by atoms with E-state index in [1.807, 2.05) is 42.6 Å². The van der Waals surface area contributed by atoms with Crippen molar-refractivity contribution in [2.24, 2.45) is 0 Å². The molecule has 0 saturated carbocycles. The van der Waals surface area contributed by atoms with E-state index in [9.17, 15) is 4.79 Å². The number of nitrogens with zero attached hydrogens (tertiary/aromatic N) is 2. The van der Waals surface area contributed by atoms with Crippen molar-refractivity contribution in [1.29, 1.82) is 0 Å². The van der Waals surface area contributed by atoms with Crippen LogP contribution in [-0.2, 0) is 4.79 Å². The number of hydrogen-bond acceptors (Lipinski definition) is 2. The number of hydrogen-bond donors (Lipinski definition) is 1. The molecule has 2 heterocycles. The van der Waals surface area contributed by atoms with Gasteiger partial charge >= 0.3 is 0 Å². The minimum atomic E-state index is -0.0220. The predicted molar refractivity (Wildman–Crippen MR) is 108 cm³/mol. The van der Waals surface area contributed by atoms with Crippen molar-refractivity contribution < 1.29 is 4.79 Å². The minimum absolute atomic E-state index is 0.00978. The van der Waals surface area contributed by atoms with E-state index in [1.165, 1.54) is 10.8 Å². The lowest BCUT2D eigenvalue weighted by Gasteiger charge is -2.24. The Balaban J connectivity index is 1.63. The standard InChI is InChI=1S/C22H16ClN3O/c23-17-6-3-7-18(11-17)26-22-20(13-24-26)19(12-21(27)25-22)16-9-8-14-4-1-2-5-15(14)10-16/h1-11,13,19H,12H2,(H,25,27). The zero-order chi connectivity index (χ0) is 18.4. The molecule has 0 radical (unpaired) electrons. The number of aromatic nitrogens is 2. The summed E-state index contributed by atoms with van der Waals surface area (Å²) in [5.41, 5.74) is 2.96. The van der Waals surface area contributed by atoms with Crippen LogP contribution in [0.25, 0.3) is 16.5 Å². The molecule has 132 valence electrons. The first-order chi connectivity index (χ1) is 13.2. The van der Waals surface area contributed by atoms with Crippen LogP contribution in [0.2, 0.25) is 5.02 Å². The van der Waals surface area contributed by atoms with E-state index in [1.54, 1.807) is 4.68 Å². The van der Waals surface area contributed by atoms with Gasteiger partial charge in [-0.05, 0) is 34.5 Å². The Bertz CT molecular complexity index is 1180. The number of fused-ring (bicyclic) bond motifs is 2. The van der Waals surface area contributed by atoms with Gasteiger partial charge in [0.2, 0.25) is 5.91 Å². The van der Waals surface area contributed by atoms with Crippen molar-refractivity contribution in [1.82, 2.24) is 9.78 Å². The molecule has 3 aromatic carbocycles. The Kier molecular flexibility index (Phi) is 3.73. The molecule has 5 rings (SSSR count). The van der Waals surface area contributed by atoms with Crippen LogP contribution in [0.3, 0.4) is 0 Å². The van der Waals surface area contributed by atoms with Crippen LogP contribution < -0.4 is 5.32 Å². The summed E-state index contributed by atoms with van der Waals surface area (Å²) in [7, 11) is 0. The first kappa shape index (κ1) is 16.1. The smallest absolute Gasteiger partial charge is 0.226 e. The molecule has 1 amide bonds. The zero-order valence-electron chi connectivity index (χ0n) is 14.4. The predicted octanol–water partition coefficient (Wildman–Crippen LogP) is 5.15. The fraction of sp³-hybridized carbons (Fsp3) is 0.0909. The number of rotatable bonds is 2. The lowest BCUT2D eigenvalue weighted by molar-refractivity contribution is -0.116. The molecule has 1 unspecified atom stereocenters. The van der Waals surface area contributed by atoms with Crippen LogP contribution in [0.4, 0.5) is 5.82 Å². The fourth-order valence-corrected chi connectivity index (χ4v) is 3.93. The summed E-state index contributed by atoms with van der Waals surface area (Å²) in [5, 5.41) is 10.5. The van der Waals surface area contributed by atoms with Crippen LogP contribution in [0, 0.1) is 0 Å². The summed E-state index contributed by atoms with van der Waals surface area (Å²) >= 11 is 6.13. The number of anilines is 1. The van der Waals surface area contributed by atoms with Crippen LogP contribution in [0.15, 0.2) is 72.9 Å². The first-order valence-electron chi connectivity index (χ1n) is 8.81. The topological polar surface area (TPSA) is 46.9 Å². The Morgan fingerprint density at radius 3 is 2.70 bits per heavy atom. The van der Waals surface area contributed by atoms with Gasteiger partial charge in [-0.3, -0.25) is 4.79 Å². The molecular formula is C22H16ClN3O. The van der Waals surface area contributed by atoms with Crippen LogP contribution in [0.1, 0.15) is 23.5 Å². The van der Waals surface area contributed by atoms with Gasteiger partial charge in [-0.1, -0.05) is 60.1 Å². The maximum atomic E-state index is 12.4. The lowest BCUT2D eigenvalue weighted by atomic mass is 9.86. The van der Waals surface area contributed by atoms with E-state index < -0.39 is 0 Å². The van der Waals surface area contributed by atoms with Gasteiger partial charge < -0.3 is 5.32 Å². The molecule has 1 aromatic heterocycles. The maximum absolute atomic E-state index is 12.4. The second-order valence-electron chi connectivity index (χ2n) is 6.75. The third-order valence-electron chi connectivity index (χ3n) is 5.05. The average molecular weight is 374 g/mol. The number of carbonyl (C=O) groups is 1. The van der Waals surface area contributed by atoms with Crippen LogP contribution in [-0.4, -0.2) is 15.7 Å². The van der Waals surface area contributed by atoms with Gasteiger partial charge in [0.05, 0.1) is 11.9 Å². The average Bonchev–Trinajstić information content (AvgIpc) is 3.10. The van der Waals surface area contributed by atoms with Crippen LogP contribution >= 0.6 is 11.6 Å². The van der Waals surface area contributed by atoms with Gasteiger partial charge in [-0.15, -0.1) is 0 Å². The van der Waals surface area contributed by atoms with E-state index in [-0.39, 0.29) is 11.8 Å². The quantitative estimate of drug-likeness (QED) is 0.528. The fourth-order valence-electron chi connectivity index (χ4n) is 3.75. The molecule has 1 aliphatic rings. The first-order valence-corrected chi connectivity index (χ1v) is 9.19. The van der Waals surface area contributed by atoms with Crippen molar-refractivity contribution in [3.8, 4) is 5.69 Å². The Hall–Kier alpha value is -3.11. The minimum Gasteiger partial charge on any atom is -0.310 e. The normalized spacial score (nSPS) is 16.2. The number of halogens is 1. The molecule has 4 nitrogen and oxygen atoms in total. The molecular weight excluding hydrogens is 358 g/mol. The van der Waals surface area contributed by atoms with E-state index in [2.05, 4.69) is 40.7 Å². The van der Waals surface area contributed by atoms with Gasteiger partial charge in [-0.2, -0.15) is 5.10 Å². The van der Waals surface area contributed by atoms with E-state index in [4.69, 9.17) is 11.6 Å². The highest BCUT2D eigenvalue weighted by Gasteiger charge is 2.30. The van der Waals surface area contributed by atoms with Crippen molar-refractivity contribution in [3.05, 3.63) is 89.1 Å². The van der Waals surface area contributed by atoms with Crippen molar-refractivity contribution in [2.75, 3.05) is 5.32 Å². The lowest BCUT2D eigenvalue weighted by Crippen LogP contribution is -2.24. The third-order valence-corrected chi connectivity index (χ3v) is 5.28. The number of nitrogens with one attached hydrogen (secondary N) is 1. The Morgan fingerprint density at radius 2 is 1.85 bits per heavy atom.